The fraction of sp³-hybridized carbons (Fsp3) is 0.441. The van der Waals surface area contributed by atoms with Gasteiger partial charge in [0.1, 0.15) is 29.3 Å². The summed E-state index contributed by atoms with van der Waals surface area (Å²) in [6, 6.07) is 21.2. The number of aliphatic hydroxyl groups excluding tert-OH is 4. The SMILES string of the molecule is CC1(O)C(O)C(CO)OC1n1c(NCc2ccc(-c3cccc(OCCCCO)c3)c(OCCCCO)c2)nc2ccccc21. The number of hydrogen-bond acceptors (Lipinski definition) is 10. The van der Waals surface area contributed by atoms with Crippen LogP contribution in [0.25, 0.3) is 22.2 Å². The lowest BCUT2D eigenvalue weighted by atomic mass is 9.96. The molecule has 4 unspecified atom stereocenters. The highest BCUT2D eigenvalue weighted by Crippen LogP contribution is 2.42. The molecule has 0 radical (unpaired) electrons. The summed E-state index contributed by atoms with van der Waals surface area (Å²) < 4.78 is 19.8. The van der Waals surface area contributed by atoms with E-state index in [4.69, 9.17) is 24.3 Å². The Kier molecular flexibility index (Phi) is 10.9. The number of para-hydroxylation sites is 2. The smallest absolute Gasteiger partial charge is 0.206 e. The number of fused-ring (bicyclic) bond motifs is 1. The predicted octanol–water partition coefficient (Wildman–Crippen LogP) is 3.62. The van der Waals surface area contributed by atoms with E-state index in [-0.39, 0.29) is 13.2 Å². The number of rotatable bonds is 16. The zero-order valence-corrected chi connectivity index (χ0v) is 25.5. The molecule has 0 saturated carbocycles. The third-order valence-corrected chi connectivity index (χ3v) is 8.04. The molecule has 1 saturated heterocycles. The molecule has 4 atom stereocenters. The number of ether oxygens (including phenoxy) is 3. The highest BCUT2D eigenvalue weighted by molar-refractivity contribution is 5.79. The van der Waals surface area contributed by atoms with Crippen molar-refractivity contribution in [1.29, 1.82) is 0 Å². The molecule has 1 aliphatic heterocycles. The molecular weight excluding hydrogens is 578 g/mol. The molecule has 0 aliphatic carbocycles. The van der Waals surface area contributed by atoms with Crippen LogP contribution in [-0.2, 0) is 11.3 Å². The van der Waals surface area contributed by atoms with E-state index in [1.807, 2.05) is 66.7 Å². The van der Waals surface area contributed by atoms with Crippen LogP contribution >= 0.6 is 0 Å². The summed E-state index contributed by atoms with van der Waals surface area (Å²) in [6.07, 6.45) is -0.421. The van der Waals surface area contributed by atoms with E-state index in [0.717, 1.165) is 28.9 Å². The van der Waals surface area contributed by atoms with Crippen molar-refractivity contribution in [2.24, 2.45) is 0 Å². The first-order valence-electron chi connectivity index (χ1n) is 15.5. The summed E-state index contributed by atoms with van der Waals surface area (Å²) in [6.45, 7) is 2.63. The maximum absolute atomic E-state index is 11.2. The Bertz CT molecular complexity index is 1540. The lowest BCUT2D eigenvalue weighted by Crippen LogP contribution is -2.44. The van der Waals surface area contributed by atoms with Crippen molar-refractivity contribution in [1.82, 2.24) is 9.55 Å². The van der Waals surface area contributed by atoms with E-state index >= 15 is 0 Å². The first kappa shape index (κ1) is 32.7. The third kappa shape index (κ3) is 7.41. The van der Waals surface area contributed by atoms with Gasteiger partial charge in [0.15, 0.2) is 6.23 Å². The number of benzene rings is 3. The topological polar surface area (TPSA) is 159 Å². The second-order valence-electron chi connectivity index (χ2n) is 11.4. The van der Waals surface area contributed by atoms with E-state index in [9.17, 15) is 20.4 Å². The zero-order valence-electron chi connectivity index (χ0n) is 25.5. The summed E-state index contributed by atoms with van der Waals surface area (Å²) in [4.78, 5) is 4.75. The van der Waals surface area contributed by atoms with Crippen molar-refractivity contribution in [3.63, 3.8) is 0 Å². The van der Waals surface area contributed by atoms with Crippen LogP contribution in [0.5, 0.6) is 11.5 Å². The fourth-order valence-corrected chi connectivity index (χ4v) is 5.54. The van der Waals surface area contributed by atoms with Crippen LogP contribution in [0.3, 0.4) is 0 Å². The van der Waals surface area contributed by atoms with Gasteiger partial charge in [-0.25, -0.2) is 4.98 Å². The van der Waals surface area contributed by atoms with Gasteiger partial charge in [0.05, 0.1) is 30.9 Å². The molecule has 5 rings (SSSR count). The summed E-state index contributed by atoms with van der Waals surface area (Å²) in [7, 11) is 0. The maximum Gasteiger partial charge on any atom is 0.206 e. The number of anilines is 1. The number of aliphatic hydroxyl groups is 5. The Hall–Kier alpha value is -3.71. The molecule has 1 fully saturated rings. The molecule has 0 spiro atoms. The average molecular weight is 622 g/mol. The second-order valence-corrected chi connectivity index (χ2v) is 11.4. The quantitative estimate of drug-likeness (QED) is 0.102. The minimum Gasteiger partial charge on any atom is -0.494 e. The Morgan fingerprint density at radius 3 is 2.40 bits per heavy atom. The summed E-state index contributed by atoms with van der Waals surface area (Å²) in [5, 5.41) is 53.3. The van der Waals surface area contributed by atoms with Crippen LogP contribution in [0.2, 0.25) is 0 Å². The molecule has 1 aliphatic rings. The Morgan fingerprint density at radius 2 is 1.67 bits per heavy atom. The number of hydrogen-bond donors (Lipinski definition) is 6. The molecule has 45 heavy (non-hydrogen) atoms. The molecular formula is C34H43N3O8. The molecule has 11 heteroatoms. The number of aromatic nitrogens is 2. The number of imidazole rings is 1. The van der Waals surface area contributed by atoms with E-state index < -0.39 is 30.6 Å². The van der Waals surface area contributed by atoms with Crippen LogP contribution in [0.15, 0.2) is 66.7 Å². The molecule has 2 heterocycles. The van der Waals surface area contributed by atoms with Crippen LogP contribution in [-0.4, -0.2) is 85.9 Å². The van der Waals surface area contributed by atoms with Crippen LogP contribution < -0.4 is 14.8 Å². The number of nitrogens with one attached hydrogen (secondary N) is 1. The fourth-order valence-electron chi connectivity index (χ4n) is 5.54. The Morgan fingerprint density at radius 1 is 0.911 bits per heavy atom. The van der Waals surface area contributed by atoms with Crippen molar-refractivity contribution in [3.05, 3.63) is 72.3 Å². The van der Waals surface area contributed by atoms with Gasteiger partial charge in [-0.2, -0.15) is 0 Å². The normalized spacial score (nSPS) is 21.3. The Labute approximate surface area is 262 Å². The van der Waals surface area contributed by atoms with Gasteiger partial charge in [-0.15, -0.1) is 0 Å². The van der Waals surface area contributed by atoms with E-state index in [2.05, 4.69) is 5.32 Å². The van der Waals surface area contributed by atoms with Crippen molar-refractivity contribution >= 4 is 17.0 Å². The van der Waals surface area contributed by atoms with Crippen LogP contribution in [0.1, 0.15) is 44.4 Å². The first-order valence-corrected chi connectivity index (χ1v) is 15.5. The molecule has 242 valence electrons. The molecule has 3 aromatic carbocycles. The lowest BCUT2D eigenvalue weighted by Gasteiger charge is -2.29. The highest BCUT2D eigenvalue weighted by Gasteiger charge is 2.53. The predicted molar refractivity (Wildman–Crippen MR) is 170 cm³/mol. The third-order valence-electron chi connectivity index (χ3n) is 8.04. The van der Waals surface area contributed by atoms with Gasteiger partial charge in [0.2, 0.25) is 5.95 Å². The van der Waals surface area contributed by atoms with Gasteiger partial charge < -0.3 is 45.1 Å². The van der Waals surface area contributed by atoms with E-state index in [1.54, 1.807) is 4.57 Å². The monoisotopic (exact) mass is 621 g/mol. The number of unbranched alkanes of at least 4 members (excludes halogenated alkanes) is 2. The first-order chi connectivity index (χ1) is 21.9. The minimum absolute atomic E-state index is 0.102. The largest absolute Gasteiger partial charge is 0.494 e. The van der Waals surface area contributed by atoms with E-state index in [1.165, 1.54) is 6.92 Å². The number of nitrogens with zero attached hydrogens (tertiary/aromatic N) is 2. The summed E-state index contributed by atoms with van der Waals surface area (Å²) >= 11 is 0. The zero-order chi connectivity index (χ0) is 31.8. The molecule has 6 N–H and O–H groups in total. The Balaban J connectivity index is 1.41. The molecule has 11 nitrogen and oxygen atoms in total. The van der Waals surface area contributed by atoms with Crippen LogP contribution in [0.4, 0.5) is 5.95 Å². The molecule has 4 aromatic rings. The summed E-state index contributed by atoms with van der Waals surface area (Å²) in [5.41, 5.74) is 2.46. The van der Waals surface area contributed by atoms with Gasteiger partial charge in [0, 0.05) is 25.3 Å². The molecule has 0 bridgehead atoms. The van der Waals surface area contributed by atoms with E-state index in [0.29, 0.717) is 61.8 Å². The van der Waals surface area contributed by atoms with Gasteiger partial charge in [0.25, 0.3) is 0 Å². The summed E-state index contributed by atoms with van der Waals surface area (Å²) in [5.74, 6) is 1.86. The second kappa shape index (κ2) is 15.0. The lowest BCUT2D eigenvalue weighted by molar-refractivity contribution is -0.0939. The van der Waals surface area contributed by atoms with Crippen LogP contribution in [0, 0.1) is 0 Å². The highest BCUT2D eigenvalue weighted by atomic mass is 16.6. The molecule has 1 aromatic heterocycles. The van der Waals surface area contributed by atoms with Crippen molar-refractivity contribution in [2.75, 3.05) is 38.4 Å². The van der Waals surface area contributed by atoms with Crippen molar-refractivity contribution in [2.45, 2.75) is 63.2 Å². The van der Waals surface area contributed by atoms with Crippen molar-refractivity contribution < 1.29 is 39.7 Å². The van der Waals surface area contributed by atoms with Crippen molar-refractivity contribution in [3.8, 4) is 22.6 Å². The minimum atomic E-state index is -1.68. The van der Waals surface area contributed by atoms with Gasteiger partial charge >= 0.3 is 0 Å². The van der Waals surface area contributed by atoms with Gasteiger partial charge in [-0.1, -0.05) is 36.4 Å². The van der Waals surface area contributed by atoms with Gasteiger partial charge in [-0.05, 0) is 74.1 Å². The standard InChI is InChI=1S/C34H43N3O8/c1-34(42)31(41)30(22-40)45-32(34)37-28-12-3-2-11-27(28)36-33(37)35-21-23-13-14-26(29(19-23)44-18-7-5-16-39)24-9-8-10-25(20-24)43-17-6-4-15-38/h2-3,8-14,19-20,30-32,38-42H,4-7,15-18,21-22H2,1H3,(H,35,36). The molecule has 0 amide bonds. The average Bonchev–Trinajstić information content (AvgIpc) is 3.53. The maximum atomic E-state index is 11.2. The van der Waals surface area contributed by atoms with Gasteiger partial charge in [-0.3, -0.25) is 4.57 Å².